The van der Waals surface area contributed by atoms with Crippen LogP contribution >= 0.6 is 0 Å². The van der Waals surface area contributed by atoms with Gasteiger partial charge in [-0.3, -0.25) is 9.05 Å². The Morgan fingerprint density at radius 2 is 1.08 bits per heavy atom. The number of aromatic nitrogens is 4. The molecule has 9 heteroatoms. The Morgan fingerprint density at radius 3 is 1.40 bits per heavy atom. The summed E-state index contributed by atoms with van der Waals surface area (Å²) in [7, 11) is 0. The molecule has 9 nitrogen and oxygen atoms in total. The van der Waals surface area contributed by atoms with Crippen molar-refractivity contribution in [2.24, 2.45) is 0 Å². The van der Waals surface area contributed by atoms with Crippen molar-refractivity contribution in [1.29, 1.82) is 0 Å². The summed E-state index contributed by atoms with van der Waals surface area (Å²) in [6.07, 6.45) is 2.60. The van der Waals surface area contributed by atoms with Crippen molar-refractivity contribution < 1.29 is 23.1 Å². The summed E-state index contributed by atoms with van der Waals surface area (Å²) < 4.78 is 17.9. The highest BCUT2D eigenvalue weighted by atomic mass is 16.5. The van der Waals surface area contributed by atoms with Crippen LogP contribution in [0.4, 0.5) is 0 Å². The summed E-state index contributed by atoms with van der Waals surface area (Å²) in [5, 5.41) is 4.94. The molecule has 0 amide bonds. The standard InChI is InChI=1S/C16H10N4O5/c21-15-9-19(17-24-15)11-1-5-13(6-2-11)23-14-7-3-12(4-8-14)20-10-16(22)25-18-20/h1-10H/p+2. The number of H-pyrrole nitrogens is 2. The monoisotopic (exact) mass is 340 g/mol. The Morgan fingerprint density at radius 1 is 0.680 bits per heavy atom. The first-order valence-electron chi connectivity index (χ1n) is 7.26. The molecule has 0 aliphatic carbocycles. The van der Waals surface area contributed by atoms with Crippen LogP contribution in [-0.2, 0) is 0 Å². The zero-order valence-corrected chi connectivity index (χ0v) is 12.7. The lowest BCUT2D eigenvalue weighted by Gasteiger charge is -2.04. The number of benzene rings is 2. The fourth-order valence-corrected chi connectivity index (χ4v) is 2.24. The molecule has 2 aromatic heterocycles. The van der Waals surface area contributed by atoms with E-state index in [0.717, 1.165) is 11.4 Å². The third-order valence-corrected chi connectivity index (χ3v) is 3.42. The van der Waals surface area contributed by atoms with E-state index >= 15 is 0 Å². The maximum absolute atomic E-state index is 11.0. The van der Waals surface area contributed by atoms with Gasteiger partial charge in [0.15, 0.2) is 0 Å². The molecular formula is C16H12N4O5+2. The summed E-state index contributed by atoms with van der Waals surface area (Å²) in [4.78, 5) is 22.1. The van der Waals surface area contributed by atoms with E-state index in [1.807, 2.05) is 0 Å². The van der Waals surface area contributed by atoms with E-state index in [0.29, 0.717) is 11.5 Å². The van der Waals surface area contributed by atoms with Crippen molar-refractivity contribution in [2.75, 3.05) is 0 Å². The molecule has 124 valence electrons. The van der Waals surface area contributed by atoms with E-state index in [1.54, 1.807) is 48.5 Å². The molecule has 2 aromatic carbocycles. The second-order valence-electron chi connectivity index (χ2n) is 5.11. The van der Waals surface area contributed by atoms with Crippen molar-refractivity contribution in [3.8, 4) is 22.9 Å². The van der Waals surface area contributed by atoms with Crippen LogP contribution in [-0.4, -0.2) is 10.5 Å². The number of nitrogens with zero attached hydrogens (tertiary/aromatic N) is 2. The van der Waals surface area contributed by atoms with Crippen molar-refractivity contribution in [3.05, 3.63) is 81.8 Å². The maximum Gasteiger partial charge on any atom is 0.427 e. The molecular weight excluding hydrogens is 328 g/mol. The Hall–Kier alpha value is -3.88. The first-order valence-corrected chi connectivity index (χ1v) is 7.26. The lowest BCUT2D eigenvalue weighted by molar-refractivity contribution is -0.670. The van der Waals surface area contributed by atoms with Gasteiger partial charge in [0.2, 0.25) is 11.4 Å². The molecule has 0 fully saturated rings. The van der Waals surface area contributed by atoms with Crippen LogP contribution in [0.3, 0.4) is 0 Å². The smallest absolute Gasteiger partial charge is 0.427 e. The lowest BCUT2D eigenvalue weighted by Crippen LogP contribution is -2.32. The third-order valence-electron chi connectivity index (χ3n) is 3.42. The molecule has 0 aliphatic rings. The van der Waals surface area contributed by atoms with E-state index < -0.39 is 11.3 Å². The summed E-state index contributed by atoms with van der Waals surface area (Å²) in [6, 6.07) is 14.2. The molecule has 0 aliphatic heterocycles. The maximum atomic E-state index is 11.0. The zero-order valence-electron chi connectivity index (χ0n) is 12.7. The SMILES string of the molecule is O=c1c[n+](-c2ccc(Oc3ccc(-[n+]4cc(=O)o[nH]4)cc3)cc2)[nH]o1. The van der Waals surface area contributed by atoms with Gasteiger partial charge in [0.25, 0.3) is 12.4 Å². The van der Waals surface area contributed by atoms with E-state index in [1.165, 1.54) is 21.8 Å². The molecule has 0 saturated carbocycles. The highest BCUT2D eigenvalue weighted by Gasteiger charge is 2.12. The van der Waals surface area contributed by atoms with Crippen molar-refractivity contribution in [2.45, 2.75) is 0 Å². The van der Waals surface area contributed by atoms with E-state index in [4.69, 9.17) is 4.74 Å². The molecule has 0 bridgehead atoms. The average molecular weight is 340 g/mol. The number of ether oxygens (including phenoxy) is 1. The second kappa shape index (κ2) is 5.96. The van der Waals surface area contributed by atoms with Gasteiger partial charge in [-0.2, -0.15) is 0 Å². The van der Waals surface area contributed by atoms with Crippen LogP contribution in [0, 0.1) is 0 Å². The van der Waals surface area contributed by atoms with Gasteiger partial charge in [-0.05, 0) is 44.2 Å². The third kappa shape index (κ3) is 3.11. The zero-order chi connectivity index (χ0) is 17.2. The lowest BCUT2D eigenvalue weighted by atomic mass is 10.3. The van der Waals surface area contributed by atoms with Gasteiger partial charge in [0, 0.05) is 24.3 Å². The van der Waals surface area contributed by atoms with E-state index in [9.17, 15) is 9.59 Å². The number of rotatable bonds is 4. The summed E-state index contributed by atoms with van der Waals surface area (Å²) in [6.45, 7) is 0. The number of hydrogen-bond donors (Lipinski definition) is 2. The molecule has 2 N–H and O–H groups in total. The molecule has 2 heterocycles. The Kier molecular flexibility index (Phi) is 3.51. The molecule has 4 rings (SSSR count). The predicted octanol–water partition coefficient (Wildman–Crippen LogP) is 0.595. The van der Waals surface area contributed by atoms with Crippen LogP contribution in [0.5, 0.6) is 11.5 Å². The fourth-order valence-electron chi connectivity index (χ4n) is 2.24. The van der Waals surface area contributed by atoms with Gasteiger partial charge in [-0.1, -0.05) is 0 Å². The first-order chi connectivity index (χ1) is 12.2. The Bertz CT molecular complexity index is 1010. The number of hydrogen-bond acceptors (Lipinski definition) is 5. The van der Waals surface area contributed by atoms with Gasteiger partial charge in [0.05, 0.1) is 0 Å². The quantitative estimate of drug-likeness (QED) is 0.529. The normalized spacial score (nSPS) is 10.7. The summed E-state index contributed by atoms with van der Waals surface area (Å²) >= 11 is 0. The molecule has 0 radical (unpaired) electrons. The molecule has 4 aromatic rings. The summed E-state index contributed by atoms with van der Waals surface area (Å²) in [5.41, 5.74) is 0.539. The molecule has 0 unspecified atom stereocenters. The van der Waals surface area contributed by atoms with Crippen LogP contribution in [0.15, 0.2) is 79.6 Å². The average Bonchev–Trinajstić information content (AvgIpc) is 3.25. The highest BCUT2D eigenvalue weighted by Crippen LogP contribution is 2.21. The summed E-state index contributed by atoms with van der Waals surface area (Å²) in [5.74, 6) is 1.26. The minimum Gasteiger partial charge on any atom is -0.457 e. The van der Waals surface area contributed by atoms with Gasteiger partial charge >= 0.3 is 11.3 Å². The van der Waals surface area contributed by atoms with Gasteiger partial charge in [-0.15, -0.1) is 0 Å². The Labute approximate surface area is 139 Å². The number of nitrogens with one attached hydrogen (secondary N) is 2. The fraction of sp³-hybridized carbons (Fsp3) is 0. The largest absolute Gasteiger partial charge is 0.457 e. The minimum absolute atomic E-state index is 0.461. The molecule has 0 spiro atoms. The van der Waals surface area contributed by atoms with Gasteiger partial charge < -0.3 is 4.74 Å². The van der Waals surface area contributed by atoms with E-state index in [-0.39, 0.29) is 0 Å². The van der Waals surface area contributed by atoms with Gasteiger partial charge in [-0.25, -0.2) is 9.59 Å². The number of aromatic amines is 2. The molecule has 0 saturated heterocycles. The first kappa shape index (κ1) is 14.7. The predicted molar refractivity (Wildman–Crippen MR) is 81.8 cm³/mol. The van der Waals surface area contributed by atoms with E-state index in [2.05, 4.69) is 19.6 Å². The minimum atomic E-state index is -0.461. The second-order valence-corrected chi connectivity index (χ2v) is 5.11. The van der Waals surface area contributed by atoms with Gasteiger partial charge in [0.1, 0.15) is 11.5 Å². The van der Waals surface area contributed by atoms with Crippen LogP contribution in [0.2, 0.25) is 0 Å². The van der Waals surface area contributed by atoms with Crippen LogP contribution in [0.1, 0.15) is 0 Å². The molecule has 0 atom stereocenters. The van der Waals surface area contributed by atoms with Crippen LogP contribution in [0.25, 0.3) is 11.4 Å². The van der Waals surface area contributed by atoms with Crippen LogP contribution < -0.4 is 25.4 Å². The van der Waals surface area contributed by atoms with Crippen molar-refractivity contribution >= 4 is 0 Å². The van der Waals surface area contributed by atoms with Crippen molar-refractivity contribution in [1.82, 2.24) is 10.5 Å². The Balaban J connectivity index is 1.50. The highest BCUT2D eigenvalue weighted by molar-refractivity contribution is 5.37. The molecule has 25 heavy (non-hydrogen) atoms. The topological polar surface area (TPSA) is 109 Å². The van der Waals surface area contributed by atoms with Crippen molar-refractivity contribution in [3.63, 3.8) is 0 Å².